The highest BCUT2D eigenvalue weighted by atomic mass is 32.2. The molecule has 0 aliphatic heterocycles. The van der Waals surface area contributed by atoms with Crippen LogP contribution in [0.5, 0.6) is 0 Å². The zero-order valence-electron chi connectivity index (χ0n) is 18.7. The molecule has 2 aromatic carbocycles. The van der Waals surface area contributed by atoms with Crippen molar-refractivity contribution in [1.29, 1.82) is 0 Å². The van der Waals surface area contributed by atoms with Gasteiger partial charge in [-0.05, 0) is 62.1 Å². The van der Waals surface area contributed by atoms with E-state index in [1.807, 2.05) is 41.0 Å². The fraction of sp³-hybridized carbons (Fsp3) is 0.440. The van der Waals surface area contributed by atoms with E-state index in [-0.39, 0.29) is 10.8 Å². The maximum Gasteiger partial charge on any atom is 0.228 e. The van der Waals surface area contributed by atoms with Gasteiger partial charge in [0, 0.05) is 12.8 Å². The fourth-order valence-electron chi connectivity index (χ4n) is 5.27. The van der Waals surface area contributed by atoms with Crippen molar-refractivity contribution in [3.63, 3.8) is 0 Å². The fourth-order valence-corrected chi connectivity index (χ4v) is 6.09. The molecule has 2 aliphatic carbocycles. The molecule has 0 radical (unpaired) electrons. The number of aliphatic hydroxyl groups is 1. The van der Waals surface area contributed by atoms with Gasteiger partial charge in [0.05, 0.1) is 15.8 Å². The molecule has 33 heavy (non-hydrogen) atoms. The SMILES string of the molecule is CS(=O)(=O)c1cccc2c1nc([C@]1(O)CC[C@@](C(N)=O)(c3ccccc3)CC1)n2CC1CC1. The number of para-hydroxylation sites is 1. The number of benzene rings is 2. The van der Waals surface area contributed by atoms with Crippen LogP contribution in [0.3, 0.4) is 0 Å². The third-order valence-corrected chi connectivity index (χ3v) is 8.55. The number of imidazole rings is 1. The van der Waals surface area contributed by atoms with Crippen LogP contribution < -0.4 is 5.73 Å². The predicted molar refractivity (Wildman–Crippen MR) is 125 cm³/mol. The number of aromatic nitrogens is 2. The molecule has 3 aromatic rings. The molecule has 7 nitrogen and oxygen atoms in total. The second-order valence-corrected chi connectivity index (χ2v) is 11.7. The van der Waals surface area contributed by atoms with Gasteiger partial charge in [-0.2, -0.15) is 0 Å². The molecular weight excluding hydrogens is 438 g/mol. The maximum atomic E-state index is 12.6. The first-order valence-corrected chi connectivity index (χ1v) is 13.3. The Labute approximate surface area is 193 Å². The number of fused-ring (bicyclic) bond motifs is 1. The Bertz CT molecular complexity index is 1320. The number of rotatable bonds is 6. The predicted octanol–water partition coefficient (Wildman–Crippen LogP) is 3.03. The number of hydrogen-bond acceptors (Lipinski definition) is 5. The second-order valence-electron chi connectivity index (χ2n) is 9.73. The molecule has 2 saturated carbocycles. The number of carbonyl (C=O) groups excluding carboxylic acids is 1. The Hall–Kier alpha value is -2.71. The van der Waals surface area contributed by atoms with E-state index in [1.54, 1.807) is 12.1 Å². The number of carbonyl (C=O) groups is 1. The third-order valence-electron chi connectivity index (χ3n) is 7.42. The van der Waals surface area contributed by atoms with Gasteiger partial charge in [-0.1, -0.05) is 36.4 Å². The van der Waals surface area contributed by atoms with E-state index in [2.05, 4.69) is 0 Å². The number of nitrogens with zero attached hydrogens (tertiary/aromatic N) is 2. The number of nitrogens with two attached hydrogens (primary N) is 1. The van der Waals surface area contributed by atoms with Crippen molar-refractivity contribution in [2.24, 2.45) is 11.7 Å². The minimum absolute atomic E-state index is 0.172. The molecule has 174 valence electrons. The zero-order valence-corrected chi connectivity index (χ0v) is 19.5. The lowest BCUT2D eigenvalue weighted by atomic mass is 9.64. The summed E-state index contributed by atoms with van der Waals surface area (Å²) in [5.74, 6) is 0.609. The Kier molecular flexibility index (Phi) is 5.14. The Morgan fingerprint density at radius 3 is 2.33 bits per heavy atom. The summed E-state index contributed by atoms with van der Waals surface area (Å²) in [5, 5.41) is 11.8. The summed E-state index contributed by atoms with van der Waals surface area (Å²) in [4.78, 5) is 17.5. The molecule has 1 amide bonds. The maximum absolute atomic E-state index is 12.6. The van der Waals surface area contributed by atoms with Crippen LogP contribution >= 0.6 is 0 Å². The van der Waals surface area contributed by atoms with E-state index in [9.17, 15) is 18.3 Å². The molecule has 0 unspecified atom stereocenters. The van der Waals surface area contributed by atoms with Crippen molar-refractivity contribution in [3.05, 3.63) is 59.9 Å². The minimum Gasteiger partial charge on any atom is -0.382 e. The standard InChI is InChI=1S/C25H29N3O4S/c1-33(31,32)20-9-5-8-19-21(20)27-23(28(19)16-17-10-11-17)25(30)14-12-24(13-15-25,22(26)29)18-6-3-2-4-7-18/h2-9,17,30H,10-16H2,1H3,(H2,26,29)/t24-,25-. The summed E-state index contributed by atoms with van der Waals surface area (Å²) in [5.41, 5.74) is 5.78. The average Bonchev–Trinajstić information content (AvgIpc) is 3.53. The minimum atomic E-state index is -3.48. The number of primary amides is 1. The molecule has 5 rings (SSSR count). The largest absolute Gasteiger partial charge is 0.382 e. The highest BCUT2D eigenvalue weighted by Crippen LogP contribution is 2.48. The van der Waals surface area contributed by atoms with Crippen LogP contribution in [0.15, 0.2) is 53.4 Å². The smallest absolute Gasteiger partial charge is 0.228 e. The van der Waals surface area contributed by atoms with E-state index < -0.39 is 20.9 Å². The topological polar surface area (TPSA) is 115 Å². The summed E-state index contributed by atoms with van der Waals surface area (Å²) >= 11 is 0. The molecule has 8 heteroatoms. The highest BCUT2D eigenvalue weighted by molar-refractivity contribution is 7.91. The first-order valence-electron chi connectivity index (χ1n) is 11.4. The Balaban J connectivity index is 1.58. The van der Waals surface area contributed by atoms with E-state index in [0.29, 0.717) is 49.5 Å². The summed E-state index contributed by atoms with van der Waals surface area (Å²) in [6.45, 7) is 0.695. The molecule has 3 N–H and O–H groups in total. The van der Waals surface area contributed by atoms with Gasteiger partial charge >= 0.3 is 0 Å². The molecule has 2 aliphatic rings. The molecule has 0 saturated heterocycles. The summed E-state index contributed by atoms with van der Waals surface area (Å²) < 4.78 is 26.8. The Morgan fingerprint density at radius 1 is 1.09 bits per heavy atom. The van der Waals surface area contributed by atoms with Gasteiger partial charge in [0.25, 0.3) is 0 Å². The monoisotopic (exact) mass is 467 g/mol. The van der Waals surface area contributed by atoms with Crippen molar-refractivity contribution in [3.8, 4) is 0 Å². The number of amides is 1. The molecule has 0 spiro atoms. The lowest BCUT2D eigenvalue weighted by molar-refractivity contribution is -0.127. The molecule has 2 fully saturated rings. The van der Waals surface area contributed by atoms with Gasteiger partial charge in [0.2, 0.25) is 5.91 Å². The third kappa shape index (κ3) is 3.75. The van der Waals surface area contributed by atoms with E-state index in [1.165, 1.54) is 6.26 Å². The molecule has 0 atom stereocenters. The number of hydrogen-bond donors (Lipinski definition) is 2. The summed E-state index contributed by atoms with van der Waals surface area (Å²) in [6.07, 6.45) is 4.82. The van der Waals surface area contributed by atoms with Crippen LogP contribution in [0.2, 0.25) is 0 Å². The van der Waals surface area contributed by atoms with Crippen LogP contribution in [-0.2, 0) is 32.2 Å². The lowest BCUT2D eigenvalue weighted by Crippen LogP contribution is -2.48. The van der Waals surface area contributed by atoms with Crippen molar-refractivity contribution in [2.45, 2.75) is 61.0 Å². The van der Waals surface area contributed by atoms with Crippen molar-refractivity contribution < 1.29 is 18.3 Å². The van der Waals surface area contributed by atoms with Crippen molar-refractivity contribution >= 4 is 26.8 Å². The van der Waals surface area contributed by atoms with E-state index in [0.717, 1.165) is 23.9 Å². The van der Waals surface area contributed by atoms with Crippen LogP contribution in [0, 0.1) is 5.92 Å². The zero-order chi connectivity index (χ0) is 23.4. The molecule has 1 aromatic heterocycles. The van der Waals surface area contributed by atoms with Gasteiger partial charge < -0.3 is 15.4 Å². The second kappa shape index (κ2) is 7.67. The van der Waals surface area contributed by atoms with Gasteiger partial charge in [0.1, 0.15) is 16.9 Å². The first kappa shape index (κ1) is 22.1. The lowest BCUT2D eigenvalue weighted by Gasteiger charge is -2.42. The van der Waals surface area contributed by atoms with Gasteiger partial charge in [0.15, 0.2) is 9.84 Å². The van der Waals surface area contributed by atoms with E-state index in [4.69, 9.17) is 10.7 Å². The van der Waals surface area contributed by atoms with E-state index >= 15 is 0 Å². The summed E-state index contributed by atoms with van der Waals surface area (Å²) in [7, 11) is -3.48. The van der Waals surface area contributed by atoms with Crippen LogP contribution in [-0.4, -0.2) is 35.2 Å². The van der Waals surface area contributed by atoms with Crippen molar-refractivity contribution in [2.75, 3.05) is 6.26 Å². The van der Waals surface area contributed by atoms with Crippen LogP contribution in [0.4, 0.5) is 0 Å². The Morgan fingerprint density at radius 2 is 1.76 bits per heavy atom. The summed E-state index contributed by atoms with van der Waals surface area (Å²) in [6, 6.07) is 14.7. The first-order chi connectivity index (χ1) is 15.6. The molecule has 0 bridgehead atoms. The molecular formula is C25H29N3O4S. The van der Waals surface area contributed by atoms with Crippen molar-refractivity contribution in [1.82, 2.24) is 9.55 Å². The average molecular weight is 468 g/mol. The van der Waals surface area contributed by atoms with Gasteiger partial charge in [-0.25, -0.2) is 13.4 Å². The quantitative estimate of drug-likeness (QED) is 0.578. The highest BCUT2D eigenvalue weighted by Gasteiger charge is 2.49. The van der Waals surface area contributed by atoms with Gasteiger partial charge in [-0.3, -0.25) is 4.79 Å². The number of sulfone groups is 1. The van der Waals surface area contributed by atoms with Gasteiger partial charge in [-0.15, -0.1) is 0 Å². The van der Waals surface area contributed by atoms with Crippen LogP contribution in [0.1, 0.15) is 49.9 Å². The molecule has 1 heterocycles. The normalized spacial score (nSPS) is 25.9. The van der Waals surface area contributed by atoms with Crippen LogP contribution in [0.25, 0.3) is 11.0 Å².